The van der Waals surface area contributed by atoms with E-state index in [0.29, 0.717) is 13.1 Å². The highest BCUT2D eigenvalue weighted by atomic mass is 35.5. The summed E-state index contributed by atoms with van der Waals surface area (Å²) < 4.78 is 27.3. The first-order valence-corrected chi connectivity index (χ1v) is 6.99. The molecule has 0 aliphatic heterocycles. The molecule has 0 unspecified atom stereocenters. The molecule has 0 aliphatic carbocycles. The van der Waals surface area contributed by atoms with Crippen LogP contribution in [0.2, 0.25) is 5.02 Å². The Balaban J connectivity index is 3.02. The number of rotatable bonds is 5. The highest BCUT2D eigenvalue weighted by Gasteiger charge is 2.20. The zero-order chi connectivity index (χ0) is 13.1. The van der Waals surface area contributed by atoms with Gasteiger partial charge in [-0.1, -0.05) is 31.5 Å². The van der Waals surface area contributed by atoms with Crippen molar-refractivity contribution in [3.63, 3.8) is 0 Å². The lowest BCUT2D eigenvalue weighted by Gasteiger charge is -2.19. The minimum atomic E-state index is -3.65. The average molecular weight is 279 g/mol. The van der Waals surface area contributed by atoms with E-state index in [9.17, 15) is 13.5 Å². The van der Waals surface area contributed by atoms with Crippen molar-refractivity contribution >= 4 is 27.5 Å². The minimum absolute atomic E-state index is 0.0735. The molecule has 2 N–H and O–H groups in total. The van der Waals surface area contributed by atoms with Crippen molar-refractivity contribution in [3.05, 3.63) is 23.2 Å². The van der Waals surface area contributed by atoms with Crippen LogP contribution in [0, 0.1) is 0 Å². The second kappa shape index (κ2) is 5.57. The molecule has 0 heterocycles. The van der Waals surface area contributed by atoms with E-state index in [0.717, 1.165) is 0 Å². The van der Waals surface area contributed by atoms with Crippen LogP contribution in [0.25, 0.3) is 0 Å². The molecule has 0 bridgehead atoms. The normalized spacial score (nSPS) is 11.8. The van der Waals surface area contributed by atoms with Gasteiger partial charge in [-0.3, -0.25) is 4.72 Å². The average Bonchev–Trinajstić information content (AvgIpc) is 2.26. The maximum Gasteiger partial charge on any atom is 0.301 e. The lowest BCUT2D eigenvalue weighted by Crippen LogP contribution is -2.35. The molecule has 0 aromatic heterocycles. The fourth-order valence-electron chi connectivity index (χ4n) is 1.36. The fourth-order valence-corrected chi connectivity index (χ4v) is 2.79. The van der Waals surface area contributed by atoms with Gasteiger partial charge in [-0.25, -0.2) is 0 Å². The molecule has 17 heavy (non-hydrogen) atoms. The largest absolute Gasteiger partial charge is 0.504 e. The molecular formula is C10H15ClN2O3S. The van der Waals surface area contributed by atoms with E-state index in [4.69, 9.17) is 11.6 Å². The number of benzene rings is 1. The molecular weight excluding hydrogens is 264 g/mol. The second-order valence-electron chi connectivity index (χ2n) is 3.33. The summed E-state index contributed by atoms with van der Waals surface area (Å²) in [6.45, 7) is 4.18. The number of hydrogen-bond donors (Lipinski definition) is 2. The summed E-state index contributed by atoms with van der Waals surface area (Å²) in [5.74, 6) is -0.273. The van der Waals surface area contributed by atoms with Crippen LogP contribution in [-0.4, -0.2) is 30.9 Å². The van der Waals surface area contributed by atoms with Gasteiger partial charge in [-0.2, -0.15) is 12.7 Å². The smallest absolute Gasteiger partial charge is 0.301 e. The van der Waals surface area contributed by atoms with Gasteiger partial charge in [0.05, 0.1) is 10.7 Å². The molecule has 0 fully saturated rings. The number of halogens is 1. The Morgan fingerprint density at radius 3 is 2.47 bits per heavy atom. The van der Waals surface area contributed by atoms with Crippen LogP contribution in [0.4, 0.5) is 5.69 Å². The predicted molar refractivity (Wildman–Crippen MR) is 68.6 cm³/mol. The summed E-state index contributed by atoms with van der Waals surface area (Å²) in [5, 5.41) is 9.71. The van der Waals surface area contributed by atoms with Crippen LogP contribution in [-0.2, 0) is 10.2 Å². The van der Waals surface area contributed by atoms with Gasteiger partial charge >= 0.3 is 10.2 Å². The van der Waals surface area contributed by atoms with Gasteiger partial charge in [0.25, 0.3) is 0 Å². The number of phenols is 1. The summed E-state index contributed by atoms with van der Waals surface area (Å²) in [6, 6.07) is 4.48. The molecule has 5 nitrogen and oxygen atoms in total. The van der Waals surface area contributed by atoms with Crippen molar-refractivity contribution in [2.75, 3.05) is 17.8 Å². The zero-order valence-corrected chi connectivity index (χ0v) is 11.2. The van der Waals surface area contributed by atoms with E-state index in [1.165, 1.54) is 16.4 Å². The lowest BCUT2D eigenvalue weighted by atomic mass is 10.3. The number of anilines is 1. The Bertz CT molecular complexity index is 486. The van der Waals surface area contributed by atoms with Gasteiger partial charge in [0.15, 0.2) is 5.75 Å². The number of aromatic hydroxyl groups is 1. The third kappa shape index (κ3) is 3.24. The quantitative estimate of drug-likeness (QED) is 0.810. The van der Waals surface area contributed by atoms with Crippen molar-refractivity contribution in [2.45, 2.75) is 13.8 Å². The molecule has 0 saturated carbocycles. The molecule has 0 saturated heterocycles. The van der Waals surface area contributed by atoms with Crippen LogP contribution in [0.5, 0.6) is 5.75 Å². The second-order valence-corrected chi connectivity index (χ2v) is 5.41. The summed E-state index contributed by atoms with van der Waals surface area (Å²) in [4.78, 5) is 0. The highest BCUT2D eigenvalue weighted by molar-refractivity contribution is 7.90. The number of nitrogens with one attached hydrogen (secondary N) is 1. The molecule has 0 radical (unpaired) electrons. The number of hydrogen-bond acceptors (Lipinski definition) is 3. The molecule has 1 rings (SSSR count). The van der Waals surface area contributed by atoms with E-state index in [2.05, 4.69) is 4.72 Å². The molecule has 1 aromatic rings. The van der Waals surface area contributed by atoms with Gasteiger partial charge in [0.2, 0.25) is 0 Å². The van der Waals surface area contributed by atoms with E-state index < -0.39 is 10.2 Å². The Kier molecular flexibility index (Phi) is 4.62. The molecule has 0 atom stereocenters. The first-order valence-electron chi connectivity index (χ1n) is 5.17. The standard InChI is InChI=1S/C10H15ClN2O3S/c1-3-13(4-2)17(15,16)12-9-7-5-6-8(11)10(9)14/h5-7,12,14H,3-4H2,1-2H3. The van der Waals surface area contributed by atoms with Gasteiger partial charge < -0.3 is 5.11 Å². The van der Waals surface area contributed by atoms with Crippen LogP contribution < -0.4 is 4.72 Å². The molecule has 96 valence electrons. The topological polar surface area (TPSA) is 69.6 Å². The Morgan fingerprint density at radius 1 is 1.35 bits per heavy atom. The van der Waals surface area contributed by atoms with Crippen molar-refractivity contribution in [3.8, 4) is 5.75 Å². The Hall–Kier alpha value is -0.980. The van der Waals surface area contributed by atoms with Crippen molar-refractivity contribution in [2.24, 2.45) is 0 Å². The van der Waals surface area contributed by atoms with Crippen LogP contribution >= 0.6 is 11.6 Å². The predicted octanol–water partition coefficient (Wildman–Crippen LogP) is 2.04. The summed E-state index contributed by atoms with van der Waals surface area (Å²) in [5.41, 5.74) is 0.0735. The van der Waals surface area contributed by atoms with Crippen LogP contribution in [0.3, 0.4) is 0 Å². The zero-order valence-electron chi connectivity index (χ0n) is 9.64. The van der Waals surface area contributed by atoms with E-state index in [-0.39, 0.29) is 16.5 Å². The van der Waals surface area contributed by atoms with Gasteiger partial charge in [0, 0.05) is 13.1 Å². The maximum absolute atomic E-state index is 11.9. The monoisotopic (exact) mass is 278 g/mol. The number of para-hydroxylation sites is 1. The summed E-state index contributed by atoms with van der Waals surface area (Å²) >= 11 is 5.69. The highest BCUT2D eigenvalue weighted by Crippen LogP contribution is 2.32. The molecule has 1 aromatic carbocycles. The maximum atomic E-state index is 11.9. The molecule has 7 heteroatoms. The van der Waals surface area contributed by atoms with Gasteiger partial charge in [-0.15, -0.1) is 0 Å². The van der Waals surface area contributed by atoms with Gasteiger partial charge in [0.1, 0.15) is 0 Å². The number of nitrogens with zero attached hydrogens (tertiary/aromatic N) is 1. The number of phenolic OH excluding ortho intramolecular Hbond substituents is 1. The SMILES string of the molecule is CCN(CC)S(=O)(=O)Nc1cccc(Cl)c1O. The minimum Gasteiger partial charge on any atom is -0.504 e. The van der Waals surface area contributed by atoms with Gasteiger partial charge in [-0.05, 0) is 12.1 Å². The van der Waals surface area contributed by atoms with Crippen molar-refractivity contribution in [1.29, 1.82) is 0 Å². The molecule has 0 spiro atoms. The molecule has 0 amide bonds. The Morgan fingerprint density at radius 2 is 1.94 bits per heavy atom. The Labute approximate surface area is 106 Å². The van der Waals surface area contributed by atoms with Crippen LogP contribution in [0.15, 0.2) is 18.2 Å². The third-order valence-corrected chi connectivity index (χ3v) is 4.25. The lowest BCUT2D eigenvalue weighted by molar-refractivity contribution is 0.448. The summed E-state index contributed by atoms with van der Waals surface area (Å²) in [6.07, 6.45) is 0. The van der Waals surface area contributed by atoms with E-state index in [1.54, 1.807) is 19.9 Å². The van der Waals surface area contributed by atoms with Crippen LogP contribution in [0.1, 0.15) is 13.8 Å². The first kappa shape index (κ1) is 14.1. The third-order valence-electron chi connectivity index (χ3n) is 2.27. The fraction of sp³-hybridized carbons (Fsp3) is 0.400. The van der Waals surface area contributed by atoms with E-state index in [1.807, 2.05) is 0 Å². The summed E-state index contributed by atoms with van der Waals surface area (Å²) in [7, 11) is -3.65. The first-order chi connectivity index (χ1) is 7.92. The van der Waals surface area contributed by atoms with Crippen molar-refractivity contribution in [1.82, 2.24) is 4.31 Å². The van der Waals surface area contributed by atoms with Crippen molar-refractivity contribution < 1.29 is 13.5 Å². The van der Waals surface area contributed by atoms with E-state index >= 15 is 0 Å². The molecule has 0 aliphatic rings.